The van der Waals surface area contributed by atoms with Crippen LogP contribution in [-0.4, -0.2) is 78.7 Å². The molecular weight excluding hydrogens is 695 g/mol. The number of phenols is 2. The summed E-state index contributed by atoms with van der Waals surface area (Å²) in [6, 6.07) is 1.75. The van der Waals surface area contributed by atoms with Crippen molar-refractivity contribution in [2.24, 2.45) is 0 Å². The third-order valence-corrected chi connectivity index (χ3v) is 8.95. The third kappa shape index (κ3) is 13.4. The standard InChI is InChI=1S/C24H28F6O11S3.3Li/c25-23(26,27)22(24(28,29)30,18-7-8-20(31)15(12-18)4-1-9-42(33,34)35)19-13-16(5-2-10-43(36,37)38)21(32)17(14-19)6-3-11-44(39,40)41;;;/h7-8,12-14,31-32H,1-6,9-11H2,(H,33,34,35)(H,36,37,38)(H,39,40,41);;;/q;3*+1/p-3. The summed E-state index contributed by atoms with van der Waals surface area (Å²) in [6.45, 7) is 0. The average Bonchev–Trinajstić information content (AvgIpc) is 2.79. The maximum Gasteiger partial charge on any atom is 1.00 e. The summed E-state index contributed by atoms with van der Waals surface area (Å²) >= 11 is 0. The Bertz CT molecular complexity index is 1610. The van der Waals surface area contributed by atoms with Gasteiger partial charge in [0.15, 0.2) is 0 Å². The minimum atomic E-state index is -6.21. The molecule has 0 amide bonds. The van der Waals surface area contributed by atoms with Gasteiger partial charge in [-0.15, -0.1) is 0 Å². The first-order valence-electron chi connectivity index (χ1n) is 12.4. The van der Waals surface area contributed by atoms with Gasteiger partial charge in [-0.2, -0.15) is 26.3 Å². The first-order valence-corrected chi connectivity index (χ1v) is 17.1. The Morgan fingerprint density at radius 2 is 0.872 bits per heavy atom. The molecule has 2 N–H and O–H groups in total. The smallest absolute Gasteiger partial charge is 0.748 e. The van der Waals surface area contributed by atoms with Crippen LogP contribution in [0.1, 0.15) is 47.1 Å². The van der Waals surface area contributed by atoms with Crippen LogP contribution >= 0.6 is 0 Å². The molecule has 0 fully saturated rings. The molecule has 0 aliphatic rings. The molecule has 0 saturated heterocycles. The quantitative estimate of drug-likeness (QED) is 0.107. The van der Waals surface area contributed by atoms with Gasteiger partial charge >= 0.3 is 68.9 Å². The Kier molecular flexibility index (Phi) is 18.4. The van der Waals surface area contributed by atoms with E-state index in [1.54, 1.807) is 0 Å². The van der Waals surface area contributed by atoms with Crippen molar-refractivity contribution in [1.29, 1.82) is 0 Å². The molecule has 0 aromatic heterocycles. The van der Waals surface area contributed by atoms with E-state index >= 15 is 0 Å². The monoisotopic (exact) mass is 720 g/mol. The van der Waals surface area contributed by atoms with Gasteiger partial charge in [0.1, 0.15) is 11.5 Å². The molecule has 0 atom stereocenters. The first-order chi connectivity index (χ1) is 19.8. The normalized spacial score (nSPS) is 12.9. The molecule has 0 saturated carbocycles. The second kappa shape index (κ2) is 17.9. The molecule has 0 aliphatic carbocycles. The van der Waals surface area contributed by atoms with E-state index in [4.69, 9.17) is 0 Å². The van der Waals surface area contributed by atoms with Crippen LogP contribution in [0.5, 0.6) is 11.5 Å². The Morgan fingerprint density at radius 1 is 0.553 bits per heavy atom. The number of halogens is 6. The van der Waals surface area contributed by atoms with Crippen molar-refractivity contribution < 1.29 is 132 Å². The van der Waals surface area contributed by atoms with E-state index in [0.717, 1.165) is 0 Å². The molecule has 0 heterocycles. The van der Waals surface area contributed by atoms with Crippen molar-refractivity contribution in [3.05, 3.63) is 58.1 Å². The molecule has 0 unspecified atom stereocenters. The van der Waals surface area contributed by atoms with E-state index < -0.39 is 143 Å². The molecule has 2 rings (SSSR count). The van der Waals surface area contributed by atoms with Gasteiger partial charge in [0.25, 0.3) is 0 Å². The summed E-state index contributed by atoms with van der Waals surface area (Å²) in [4.78, 5) is 0. The largest absolute Gasteiger partial charge is 1.00 e. The molecule has 0 bridgehead atoms. The number of aromatic hydroxyl groups is 2. The fourth-order valence-corrected chi connectivity index (χ4v) is 6.17. The maximum atomic E-state index is 14.9. The number of aryl methyl sites for hydroxylation is 3. The Morgan fingerprint density at radius 3 is 1.19 bits per heavy atom. The average molecular weight is 720 g/mol. The Balaban J connectivity index is 0. The van der Waals surface area contributed by atoms with Gasteiger partial charge in [0, 0.05) is 17.3 Å². The number of phenolic OH excluding ortho intramolecular Hbond substituents is 2. The van der Waals surface area contributed by atoms with Crippen molar-refractivity contribution in [1.82, 2.24) is 0 Å². The summed E-state index contributed by atoms with van der Waals surface area (Å²) < 4.78 is 188. The molecule has 250 valence electrons. The summed E-state index contributed by atoms with van der Waals surface area (Å²) in [6.07, 6.45) is -16.3. The zero-order chi connectivity index (χ0) is 33.9. The third-order valence-electron chi connectivity index (χ3n) is 6.59. The van der Waals surface area contributed by atoms with Crippen LogP contribution in [0.3, 0.4) is 0 Å². The maximum absolute atomic E-state index is 14.9. The zero-order valence-electron chi connectivity index (χ0n) is 25.3. The number of benzene rings is 2. The summed E-state index contributed by atoms with van der Waals surface area (Å²) in [5.41, 5.74) is -9.84. The second-order valence-electron chi connectivity index (χ2n) is 9.83. The summed E-state index contributed by atoms with van der Waals surface area (Å²) in [5, 5.41) is 20.7. The molecule has 11 nitrogen and oxygen atoms in total. The minimum absolute atomic E-state index is 0. The van der Waals surface area contributed by atoms with Crippen molar-refractivity contribution in [3.8, 4) is 11.5 Å². The van der Waals surface area contributed by atoms with Crippen LogP contribution in [-0.2, 0) is 55.0 Å². The second-order valence-corrected chi connectivity index (χ2v) is 14.4. The van der Waals surface area contributed by atoms with Gasteiger partial charge in [0.2, 0.25) is 5.41 Å². The molecule has 47 heavy (non-hydrogen) atoms. The SMILES string of the molecule is O=S(=O)([O-])CCCc1cc(C(c2cc(CCCS(=O)(=O)[O-])c(O)c(CCCS(=O)(=O)[O-])c2)(C(F)(F)F)C(F)(F)F)ccc1O.[Li+].[Li+].[Li+]. The predicted octanol–water partition coefficient (Wildman–Crippen LogP) is -6.05. The van der Waals surface area contributed by atoms with Crippen LogP contribution < -0.4 is 56.6 Å². The van der Waals surface area contributed by atoms with Gasteiger partial charge in [-0.25, -0.2) is 25.3 Å². The van der Waals surface area contributed by atoms with Gasteiger partial charge in [-0.1, -0.05) is 24.3 Å². The summed E-state index contributed by atoms with van der Waals surface area (Å²) in [7, 11) is -14.6. The van der Waals surface area contributed by atoms with Crippen LogP contribution in [0.2, 0.25) is 0 Å². The predicted molar refractivity (Wildman–Crippen MR) is 138 cm³/mol. The van der Waals surface area contributed by atoms with E-state index in [1.165, 1.54) is 0 Å². The Labute approximate surface area is 303 Å². The van der Waals surface area contributed by atoms with Gasteiger partial charge in [0.05, 0.1) is 30.4 Å². The zero-order valence-corrected chi connectivity index (χ0v) is 27.8. The van der Waals surface area contributed by atoms with Crippen molar-refractivity contribution in [3.63, 3.8) is 0 Å². The molecule has 2 aromatic rings. The van der Waals surface area contributed by atoms with Gasteiger partial charge in [-0.3, -0.25) is 0 Å². The van der Waals surface area contributed by atoms with Crippen LogP contribution in [0.4, 0.5) is 26.3 Å². The van der Waals surface area contributed by atoms with Crippen LogP contribution in [0.25, 0.3) is 0 Å². The molecule has 2 aromatic carbocycles. The Hall–Kier alpha value is -0.858. The van der Waals surface area contributed by atoms with Crippen molar-refractivity contribution in [2.75, 3.05) is 17.3 Å². The van der Waals surface area contributed by atoms with Crippen molar-refractivity contribution in [2.45, 2.75) is 56.3 Å². The van der Waals surface area contributed by atoms with E-state index in [2.05, 4.69) is 0 Å². The fraction of sp³-hybridized carbons (Fsp3) is 0.500. The van der Waals surface area contributed by atoms with E-state index in [9.17, 15) is 75.5 Å². The molecule has 0 radical (unpaired) electrons. The van der Waals surface area contributed by atoms with E-state index in [-0.39, 0.29) is 56.6 Å². The van der Waals surface area contributed by atoms with E-state index in [1.807, 2.05) is 0 Å². The summed E-state index contributed by atoms with van der Waals surface area (Å²) in [5.74, 6) is -4.94. The number of alkyl halides is 6. The number of rotatable bonds is 14. The topological polar surface area (TPSA) is 212 Å². The molecule has 23 heteroatoms. The van der Waals surface area contributed by atoms with Gasteiger partial charge < -0.3 is 23.9 Å². The van der Waals surface area contributed by atoms with E-state index in [0.29, 0.717) is 30.3 Å². The molecule has 0 aliphatic heterocycles. The van der Waals surface area contributed by atoms with Crippen LogP contribution in [0, 0.1) is 0 Å². The van der Waals surface area contributed by atoms with Crippen LogP contribution in [0.15, 0.2) is 30.3 Å². The minimum Gasteiger partial charge on any atom is -0.748 e. The first kappa shape index (κ1) is 48.3. The number of hydrogen-bond donors (Lipinski definition) is 2. The number of hydrogen-bond acceptors (Lipinski definition) is 11. The molecular formula is C24H25F6Li3O11S3. The molecule has 0 spiro atoms. The van der Waals surface area contributed by atoms with Gasteiger partial charge in [-0.05, 0) is 72.4 Å². The fourth-order valence-electron chi connectivity index (χ4n) is 4.68. The van der Waals surface area contributed by atoms with Crippen molar-refractivity contribution >= 4 is 30.4 Å².